The Morgan fingerprint density at radius 2 is 2.12 bits per heavy atom. The molecule has 2 heterocycles. The van der Waals surface area contributed by atoms with Gasteiger partial charge in [0.2, 0.25) is 0 Å². The molecule has 0 fully saturated rings. The van der Waals surface area contributed by atoms with Crippen molar-refractivity contribution in [2.75, 3.05) is 0 Å². The first kappa shape index (κ1) is 15.9. The van der Waals surface area contributed by atoms with Crippen LogP contribution in [-0.2, 0) is 6.54 Å². The highest BCUT2D eigenvalue weighted by molar-refractivity contribution is 7.11. The third kappa shape index (κ3) is 3.18. The Kier molecular flexibility index (Phi) is 4.39. The van der Waals surface area contributed by atoms with Gasteiger partial charge in [-0.15, -0.1) is 11.3 Å². The third-order valence-corrected chi connectivity index (χ3v) is 4.35. The lowest BCUT2D eigenvalue weighted by atomic mass is 10.2. The van der Waals surface area contributed by atoms with Crippen LogP contribution in [0.15, 0.2) is 42.2 Å². The molecule has 2 aromatic heterocycles. The number of carbonyl (C=O) groups excluding carboxylic acids is 1. The summed E-state index contributed by atoms with van der Waals surface area (Å²) in [6.07, 6.45) is 3.29. The highest BCUT2D eigenvalue weighted by Crippen LogP contribution is 2.15. The van der Waals surface area contributed by atoms with E-state index >= 15 is 0 Å². The Bertz CT molecular complexity index is 900. The van der Waals surface area contributed by atoms with E-state index in [-0.39, 0.29) is 11.5 Å². The molecule has 122 valence electrons. The summed E-state index contributed by atoms with van der Waals surface area (Å²) >= 11 is 1.29. The molecule has 1 aromatic carbocycles. The number of aryl methyl sites for hydroxylation is 1. The summed E-state index contributed by atoms with van der Waals surface area (Å²) in [5, 5.41) is 16.2. The average Bonchev–Trinajstić information content (AvgIpc) is 3.21. The molecular formula is C16H14N4O3S. The van der Waals surface area contributed by atoms with E-state index in [1.165, 1.54) is 22.1 Å². The van der Waals surface area contributed by atoms with Crippen molar-refractivity contribution in [1.82, 2.24) is 20.1 Å². The van der Waals surface area contributed by atoms with Gasteiger partial charge in [-0.05, 0) is 19.1 Å². The lowest BCUT2D eigenvalue weighted by Crippen LogP contribution is -2.22. The van der Waals surface area contributed by atoms with Crippen LogP contribution in [0.25, 0.3) is 5.69 Å². The number of nitrogens with one attached hydrogen (secondary N) is 1. The highest BCUT2D eigenvalue weighted by atomic mass is 32.1. The molecule has 0 atom stereocenters. The molecule has 0 radical (unpaired) electrons. The second kappa shape index (κ2) is 6.63. The fraction of sp³-hybridized carbons (Fsp3) is 0.125. The maximum atomic E-state index is 12.1. The van der Waals surface area contributed by atoms with Crippen LogP contribution in [0, 0.1) is 6.92 Å². The van der Waals surface area contributed by atoms with Gasteiger partial charge in [-0.25, -0.2) is 14.5 Å². The smallest absolute Gasteiger partial charge is 0.337 e. The quantitative estimate of drug-likeness (QED) is 0.741. The van der Waals surface area contributed by atoms with Crippen LogP contribution in [0.2, 0.25) is 0 Å². The molecule has 24 heavy (non-hydrogen) atoms. The number of hydrogen-bond donors (Lipinski definition) is 2. The number of nitrogens with zero attached hydrogens (tertiary/aromatic N) is 3. The lowest BCUT2D eigenvalue weighted by molar-refractivity contribution is 0.0696. The minimum absolute atomic E-state index is 0.163. The monoisotopic (exact) mass is 342 g/mol. The molecule has 7 nitrogen and oxygen atoms in total. The molecule has 3 aromatic rings. The number of hydrogen-bond acceptors (Lipinski definition) is 5. The van der Waals surface area contributed by atoms with Gasteiger partial charge < -0.3 is 10.4 Å². The van der Waals surface area contributed by atoms with Crippen molar-refractivity contribution >= 4 is 23.2 Å². The first-order valence-corrected chi connectivity index (χ1v) is 7.98. The van der Waals surface area contributed by atoms with E-state index in [2.05, 4.69) is 15.4 Å². The number of carboxylic acid groups (broad SMARTS) is 1. The lowest BCUT2D eigenvalue weighted by Gasteiger charge is -2.05. The zero-order valence-electron chi connectivity index (χ0n) is 12.8. The molecule has 0 unspecified atom stereocenters. The molecule has 1 amide bonds. The number of para-hydroxylation sites is 1. The minimum Gasteiger partial charge on any atom is -0.478 e. The number of carbonyl (C=O) groups is 2. The summed E-state index contributed by atoms with van der Waals surface area (Å²) in [5.74, 6) is -1.20. The molecular weight excluding hydrogens is 328 g/mol. The number of carboxylic acids is 1. The van der Waals surface area contributed by atoms with Crippen LogP contribution in [0.3, 0.4) is 0 Å². The van der Waals surface area contributed by atoms with Crippen LogP contribution in [0.4, 0.5) is 0 Å². The number of rotatable bonds is 5. The van der Waals surface area contributed by atoms with Crippen molar-refractivity contribution in [3.8, 4) is 5.69 Å². The normalized spacial score (nSPS) is 10.5. The summed E-state index contributed by atoms with van der Waals surface area (Å²) in [6, 6.07) is 6.61. The third-order valence-electron chi connectivity index (χ3n) is 3.42. The molecule has 0 aliphatic carbocycles. The van der Waals surface area contributed by atoms with Gasteiger partial charge in [0.05, 0.1) is 28.7 Å². The predicted octanol–water partition coefficient (Wildman–Crippen LogP) is 2.27. The zero-order chi connectivity index (χ0) is 17.1. The molecule has 3 rings (SSSR count). The molecule has 0 aliphatic heterocycles. The number of benzene rings is 1. The predicted molar refractivity (Wildman–Crippen MR) is 88.5 cm³/mol. The van der Waals surface area contributed by atoms with Gasteiger partial charge in [-0.3, -0.25) is 4.79 Å². The first-order valence-electron chi connectivity index (χ1n) is 7.11. The molecule has 0 bridgehead atoms. The van der Waals surface area contributed by atoms with Crippen LogP contribution >= 0.6 is 11.3 Å². The van der Waals surface area contributed by atoms with E-state index in [1.54, 1.807) is 43.0 Å². The second-order valence-corrected chi connectivity index (χ2v) is 5.92. The summed E-state index contributed by atoms with van der Waals surface area (Å²) < 4.78 is 1.49. The van der Waals surface area contributed by atoms with Gasteiger partial charge in [0, 0.05) is 18.3 Å². The average molecular weight is 342 g/mol. The zero-order valence-corrected chi connectivity index (χ0v) is 13.6. The number of aromatic nitrogens is 3. The Hall–Kier alpha value is -3.00. The van der Waals surface area contributed by atoms with Crippen LogP contribution in [0.5, 0.6) is 0 Å². The summed E-state index contributed by atoms with van der Waals surface area (Å²) in [7, 11) is 0. The molecule has 2 N–H and O–H groups in total. The first-order chi connectivity index (χ1) is 11.6. The Balaban J connectivity index is 1.74. The van der Waals surface area contributed by atoms with Gasteiger partial charge >= 0.3 is 5.97 Å². The maximum absolute atomic E-state index is 12.1. The Morgan fingerprint density at radius 3 is 2.83 bits per heavy atom. The minimum atomic E-state index is -1.02. The SMILES string of the molecule is Cc1ncsc1C(=O)NCc1cnn(-c2ccccc2C(=O)O)c1. The van der Waals surface area contributed by atoms with Crippen LogP contribution < -0.4 is 5.32 Å². The van der Waals surface area contributed by atoms with Crippen molar-refractivity contribution in [1.29, 1.82) is 0 Å². The van der Waals surface area contributed by atoms with Gasteiger partial charge in [-0.1, -0.05) is 12.1 Å². The number of thiazole rings is 1. The van der Waals surface area contributed by atoms with E-state index in [9.17, 15) is 14.7 Å². The van der Waals surface area contributed by atoms with Gasteiger partial charge in [-0.2, -0.15) is 5.10 Å². The molecule has 0 aliphatic rings. The number of aromatic carboxylic acids is 1. The summed E-state index contributed by atoms with van der Waals surface area (Å²) in [4.78, 5) is 28.0. The van der Waals surface area contributed by atoms with E-state index in [4.69, 9.17) is 0 Å². The summed E-state index contributed by atoms with van der Waals surface area (Å²) in [6.45, 7) is 2.08. The molecule has 8 heteroatoms. The van der Waals surface area contributed by atoms with Crippen molar-refractivity contribution in [3.63, 3.8) is 0 Å². The Morgan fingerprint density at radius 1 is 1.33 bits per heavy atom. The van der Waals surface area contributed by atoms with Crippen molar-refractivity contribution in [3.05, 3.63) is 63.9 Å². The largest absolute Gasteiger partial charge is 0.478 e. The Labute approximate surface area is 141 Å². The van der Waals surface area contributed by atoms with Crippen molar-refractivity contribution in [2.45, 2.75) is 13.5 Å². The molecule has 0 spiro atoms. The fourth-order valence-corrected chi connectivity index (χ4v) is 2.94. The van der Waals surface area contributed by atoms with Gasteiger partial charge in [0.15, 0.2) is 0 Å². The standard InChI is InChI=1S/C16H14N4O3S/c1-10-14(24-9-18-10)15(21)17-6-11-7-19-20(8-11)13-5-3-2-4-12(13)16(22)23/h2-5,7-9H,6H2,1H3,(H,17,21)(H,22,23). The fourth-order valence-electron chi connectivity index (χ4n) is 2.22. The molecule has 0 saturated heterocycles. The van der Waals surface area contributed by atoms with Crippen LogP contribution in [-0.4, -0.2) is 31.7 Å². The number of amides is 1. The van der Waals surface area contributed by atoms with Gasteiger partial charge in [0.25, 0.3) is 5.91 Å². The van der Waals surface area contributed by atoms with E-state index in [0.29, 0.717) is 22.8 Å². The van der Waals surface area contributed by atoms with Crippen LogP contribution in [0.1, 0.15) is 31.3 Å². The highest BCUT2D eigenvalue weighted by Gasteiger charge is 2.13. The van der Waals surface area contributed by atoms with Gasteiger partial charge in [0.1, 0.15) is 4.88 Å². The second-order valence-electron chi connectivity index (χ2n) is 5.07. The maximum Gasteiger partial charge on any atom is 0.337 e. The topological polar surface area (TPSA) is 97.1 Å². The summed E-state index contributed by atoms with van der Waals surface area (Å²) in [5.41, 5.74) is 3.73. The van der Waals surface area contributed by atoms with E-state index in [0.717, 1.165) is 5.56 Å². The molecule has 0 saturated carbocycles. The van der Waals surface area contributed by atoms with Crippen molar-refractivity contribution < 1.29 is 14.7 Å². The van der Waals surface area contributed by atoms with Crippen molar-refractivity contribution in [2.24, 2.45) is 0 Å². The van der Waals surface area contributed by atoms with E-state index < -0.39 is 5.97 Å². The van der Waals surface area contributed by atoms with E-state index in [1.807, 2.05) is 0 Å².